The molecule has 0 atom stereocenters. The highest BCUT2D eigenvalue weighted by molar-refractivity contribution is 7.25. The van der Waals surface area contributed by atoms with Gasteiger partial charge in [-0.1, -0.05) is 12.1 Å². The van der Waals surface area contributed by atoms with E-state index in [1.54, 1.807) is 11.3 Å². The lowest BCUT2D eigenvalue weighted by Crippen LogP contribution is -2.05. The van der Waals surface area contributed by atoms with Crippen LogP contribution in [0.3, 0.4) is 0 Å². The first-order valence-electron chi connectivity index (χ1n) is 6.54. The fourth-order valence-corrected chi connectivity index (χ4v) is 3.52. The SMILES string of the molecule is CC(=O)Nc1ccc2c(c1)sc1cc(NC(C)=O)ccc12. The minimum Gasteiger partial charge on any atom is -0.326 e. The number of carbonyl (C=O) groups is 2. The third kappa shape index (κ3) is 2.73. The van der Waals surface area contributed by atoms with Gasteiger partial charge in [-0.05, 0) is 24.3 Å². The molecule has 5 heteroatoms. The molecule has 0 radical (unpaired) electrons. The molecule has 2 amide bonds. The largest absolute Gasteiger partial charge is 0.326 e. The van der Waals surface area contributed by atoms with Crippen molar-refractivity contribution in [1.29, 1.82) is 0 Å². The Morgan fingerprint density at radius 1 is 0.810 bits per heavy atom. The summed E-state index contributed by atoms with van der Waals surface area (Å²) < 4.78 is 2.22. The van der Waals surface area contributed by atoms with Crippen molar-refractivity contribution < 1.29 is 9.59 Å². The Labute approximate surface area is 125 Å². The number of nitrogens with one attached hydrogen (secondary N) is 2. The number of anilines is 2. The highest BCUT2D eigenvalue weighted by atomic mass is 32.1. The van der Waals surface area contributed by atoms with E-state index in [1.807, 2.05) is 36.4 Å². The summed E-state index contributed by atoms with van der Waals surface area (Å²) >= 11 is 1.64. The maximum atomic E-state index is 11.1. The summed E-state index contributed by atoms with van der Waals surface area (Å²) in [5.41, 5.74) is 1.59. The standard InChI is InChI=1S/C16H14N2O2S/c1-9(19)17-11-3-5-13-14-6-4-12(18-10(2)20)8-16(14)21-15(13)7-11/h3-8H,1-2H3,(H,17,19)(H,18,20). The number of carbonyl (C=O) groups excluding carboxylic acids is 2. The summed E-state index contributed by atoms with van der Waals surface area (Å²) in [4.78, 5) is 22.2. The summed E-state index contributed by atoms with van der Waals surface area (Å²) in [6, 6.07) is 11.8. The lowest BCUT2D eigenvalue weighted by Gasteiger charge is -2.02. The van der Waals surface area contributed by atoms with Crippen molar-refractivity contribution in [1.82, 2.24) is 0 Å². The lowest BCUT2D eigenvalue weighted by atomic mass is 10.1. The molecule has 2 aromatic carbocycles. The van der Waals surface area contributed by atoms with E-state index in [9.17, 15) is 9.59 Å². The number of fused-ring (bicyclic) bond motifs is 3. The first-order valence-corrected chi connectivity index (χ1v) is 7.36. The quantitative estimate of drug-likeness (QED) is 0.752. The summed E-state index contributed by atoms with van der Waals surface area (Å²) in [6.07, 6.45) is 0. The zero-order chi connectivity index (χ0) is 15.0. The average molecular weight is 298 g/mol. The maximum absolute atomic E-state index is 11.1. The summed E-state index contributed by atoms with van der Waals surface area (Å²) in [5, 5.41) is 7.88. The first-order chi connectivity index (χ1) is 10.0. The van der Waals surface area contributed by atoms with Crippen LogP contribution in [0.1, 0.15) is 13.8 Å². The Morgan fingerprint density at radius 2 is 1.24 bits per heavy atom. The van der Waals surface area contributed by atoms with Gasteiger partial charge in [0.25, 0.3) is 0 Å². The molecular weight excluding hydrogens is 284 g/mol. The van der Waals surface area contributed by atoms with E-state index in [0.717, 1.165) is 31.5 Å². The number of benzene rings is 2. The van der Waals surface area contributed by atoms with E-state index in [0.29, 0.717) is 0 Å². The number of rotatable bonds is 2. The molecule has 0 spiro atoms. The minimum absolute atomic E-state index is 0.0802. The van der Waals surface area contributed by atoms with Crippen LogP contribution in [0.4, 0.5) is 11.4 Å². The molecule has 0 saturated heterocycles. The summed E-state index contributed by atoms with van der Waals surface area (Å²) in [6.45, 7) is 2.99. The number of amides is 2. The monoisotopic (exact) mass is 298 g/mol. The van der Waals surface area contributed by atoms with Gasteiger partial charge in [0.2, 0.25) is 11.8 Å². The molecule has 0 unspecified atom stereocenters. The molecule has 1 heterocycles. The van der Waals surface area contributed by atoms with Gasteiger partial charge in [-0.3, -0.25) is 9.59 Å². The van der Waals surface area contributed by atoms with Crippen LogP contribution in [0.2, 0.25) is 0 Å². The van der Waals surface area contributed by atoms with E-state index in [2.05, 4.69) is 10.6 Å². The van der Waals surface area contributed by atoms with Crippen LogP contribution in [0.15, 0.2) is 36.4 Å². The number of hydrogen-bond donors (Lipinski definition) is 2. The summed E-state index contributed by atoms with van der Waals surface area (Å²) in [7, 11) is 0. The second-order valence-corrected chi connectivity index (χ2v) is 5.97. The van der Waals surface area contributed by atoms with Crippen LogP contribution in [-0.4, -0.2) is 11.8 Å². The van der Waals surface area contributed by atoms with E-state index in [1.165, 1.54) is 13.8 Å². The molecule has 2 N–H and O–H groups in total. The molecule has 0 saturated carbocycles. The van der Waals surface area contributed by atoms with Crippen molar-refractivity contribution in [2.45, 2.75) is 13.8 Å². The Morgan fingerprint density at radius 3 is 1.62 bits per heavy atom. The number of hydrogen-bond acceptors (Lipinski definition) is 3. The zero-order valence-electron chi connectivity index (χ0n) is 11.7. The highest BCUT2D eigenvalue weighted by Gasteiger charge is 2.07. The van der Waals surface area contributed by atoms with Gasteiger partial charge in [0.1, 0.15) is 0 Å². The van der Waals surface area contributed by atoms with Gasteiger partial charge >= 0.3 is 0 Å². The van der Waals surface area contributed by atoms with Crippen molar-refractivity contribution in [3.05, 3.63) is 36.4 Å². The third-order valence-electron chi connectivity index (χ3n) is 3.11. The molecule has 0 fully saturated rings. The van der Waals surface area contributed by atoms with Gasteiger partial charge in [0.05, 0.1) is 0 Å². The first kappa shape index (κ1) is 13.6. The minimum atomic E-state index is -0.0802. The van der Waals surface area contributed by atoms with Crippen molar-refractivity contribution in [2.75, 3.05) is 10.6 Å². The van der Waals surface area contributed by atoms with E-state index in [-0.39, 0.29) is 11.8 Å². The molecule has 4 nitrogen and oxygen atoms in total. The van der Waals surface area contributed by atoms with Crippen molar-refractivity contribution in [2.24, 2.45) is 0 Å². The fourth-order valence-electron chi connectivity index (χ4n) is 2.34. The molecule has 1 aromatic heterocycles. The topological polar surface area (TPSA) is 58.2 Å². The predicted molar refractivity (Wildman–Crippen MR) is 87.9 cm³/mol. The highest BCUT2D eigenvalue weighted by Crippen LogP contribution is 2.36. The van der Waals surface area contributed by atoms with Crippen molar-refractivity contribution in [3.8, 4) is 0 Å². The molecule has 0 bridgehead atoms. The maximum Gasteiger partial charge on any atom is 0.221 e. The van der Waals surface area contributed by atoms with Gasteiger partial charge in [0.15, 0.2) is 0 Å². The zero-order valence-corrected chi connectivity index (χ0v) is 12.5. The fraction of sp³-hybridized carbons (Fsp3) is 0.125. The normalized spacial score (nSPS) is 10.8. The summed E-state index contributed by atoms with van der Waals surface area (Å²) in [5.74, 6) is -0.160. The van der Waals surface area contributed by atoms with Crippen LogP contribution < -0.4 is 10.6 Å². The second kappa shape index (κ2) is 5.18. The van der Waals surface area contributed by atoms with E-state index in [4.69, 9.17) is 0 Å². The average Bonchev–Trinajstić information content (AvgIpc) is 2.73. The molecule has 21 heavy (non-hydrogen) atoms. The molecule has 0 aliphatic heterocycles. The molecule has 0 aliphatic rings. The molecule has 3 rings (SSSR count). The van der Waals surface area contributed by atoms with E-state index >= 15 is 0 Å². The third-order valence-corrected chi connectivity index (χ3v) is 4.23. The Hall–Kier alpha value is -2.40. The van der Waals surface area contributed by atoms with Gasteiger partial charge in [-0.15, -0.1) is 11.3 Å². The lowest BCUT2D eigenvalue weighted by molar-refractivity contribution is -0.115. The Kier molecular flexibility index (Phi) is 3.35. The van der Waals surface area contributed by atoms with Crippen LogP contribution in [0, 0.1) is 0 Å². The molecule has 106 valence electrons. The van der Waals surface area contributed by atoms with Crippen LogP contribution in [0.5, 0.6) is 0 Å². The molecular formula is C16H14N2O2S. The number of thiophene rings is 1. The van der Waals surface area contributed by atoms with E-state index < -0.39 is 0 Å². The molecule has 0 aliphatic carbocycles. The molecule has 3 aromatic rings. The van der Waals surface area contributed by atoms with Gasteiger partial charge < -0.3 is 10.6 Å². The second-order valence-electron chi connectivity index (χ2n) is 4.89. The predicted octanol–water partition coefficient (Wildman–Crippen LogP) is 3.97. The van der Waals surface area contributed by atoms with Gasteiger partial charge in [0, 0.05) is 45.4 Å². The Balaban J connectivity index is 2.10. The van der Waals surface area contributed by atoms with Gasteiger partial charge in [-0.2, -0.15) is 0 Å². The Bertz CT molecular complexity index is 797. The van der Waals surface area contributed by atoms with Crippen LogP contribution in [-0.2, 0) is 9.59 Å². The smallest absolute Gasteiger partial charge is 0.221 e. The van der Waals surface area contributed by atoms with Crippen molar-refractivity contribution in [3.63, 3.8) is 0 Å². The van der Waals surface area contributed by atoms with Crippen LogP contribution in [0.25, 0.3) is 20.2 Å². The van der Waals surface area contributed by atoms with Gasteiger partial charge in [-0.25, -0.2) is 0 Å². The van der Waals surface area contributed by atoms with Crippen molar-refractivity contribution >= 4 is 54.7 Å². The van der Waals surface area contributed by atoms with Crippen LogP contribution >= 0.6 is 11.3 Å².